The van der Waals surface area contributed by atoms with Crippen LogP contribution in [0.15, 0.2) is 52.2 Å². The predicted molar refractivity (Wildman–Crippen MR) is 82.7 cm³/mol. The zero-order valence-corrected chi connectivity index (χ0v) is 12.8. The molecule has 7 heteroatoms. The Morgan fingerprint density at radius 1 is 1.32 bits per heavy atom. The summed E-state index contributed by atoms with van der Waals surface area (Å²) in [5.74, 6) is 0.158. The molecule has 0 N–H and O–H groups in total. The molecule has 3 aromatic rings. The second-order valence-electron chi connectivity index (χ2n) is 4.42. The number of amides is 1. The lowest BCUT2D eigenvalue weighted by Gasteiger charge is -2.16. The second-order valence-corrected chi connectivity index (χ2v) is 5.18. The van der Waals surface area contributed by atoms with Crippen LogP contribution in [0.5, 0.6) is 5.75 Å². The molecule has 6 nitrogen and oxygen atoms in total. The van der Waals surface area contributed by atoms with Gasteiger partial charge in [-0.3, -0.25) is 9.78 Å². The molecule has 0 saturated heterocycles. The summed E-state index contributed by atoms with van der Waals surface area (Å²) < 4.78 is 5.54. The van der Waals surface area contributed by atoms with E-state index in [1.165, 1.54) is 18.8 Å². The SMILES string of the molecule is CSc1nc2ccc(ON(C)C(=O)c3ccccn3)cc2o1. The fourth-order valence-corrected chi connectivity index (χ4v) is 2.24. The van der Waals surface area contributed by atoms with Crippen molar-refractivity contribution in [2.24, 2.45) is 0 Å². The molecule has 0 atom stereocenters. The minimum atomic E-state index is -0.330. The maximum Gasteiger partial charge on any atom is 0.304 e. The number of oxazole rings is 1. The van der Waals surface area contributed by atoms with Gasteiger partial charge in [0.2, 0.25) is 0 Å². The van der Waals surface area contributed by atoms with E-state index in [4.69, 9.17) is 9.25 Å². The summed E-state index contributed by atoms with van der Waals surface area (Å²) in [6, 6.07) is 10.3. The van der Waals surface area contributed by atoms with E-state index in [-0.39, 0.29) is 5.91 Å². The summed E-state index contributed by atoms with van der Waals surface area (Å²) in [4.78, 5) is 26.0. The molecular formula is C15H13N3O3S. The van der Waals surface area contributed by atoms with Gasteiger partial charge in [-0.25, -0.2) is 4.98 Å². The standard InChI is InChI=1S/C15H13N3O3S/c1-18(14(19)12-5-3-4-8-16-12)21-10-6-7-11-13(9-10)20-15(17-11)22-2/h3-9H,1-2H3. The molecule has 0 aliphatic carbocycles. The molecule has 0 aliphatic rings. The molecule has 0 spiro atoms. The molecular weight excluding hydrogens is 302 g/mol. The summed E-state index contributed by atoms with van der Waals surface area (Å²) in [6.45, 7) is 0. The molecule has 3 rings (SSSR count). The highest BCUT2D eigenvalue weighted by Gasteiger charge is 2.15. The molecule has 2 heterocycles. The largest absolute Gasteiger partial charge is 0.431 e. The van der Waals surface area contributed by atoms with Gasteiger partial charge >= 0.3 is 5.91 Å². The number of aromatic nitrogens is 2. The number of fused-ring (bicyclic) bond motifs is 1. The lowest BCUT2D eigenvalue weighted by atomic mass is 10.3. The molecule has 0 unspecified atom stereocenters. The molecule has 112 valence electrons. The minimum absolute atomic E-state index is 0.315. The lowest BCUT2D eigenvalue weighted by molar-refractivity contribution is -0.0143. The van der Waals surface area contributed by atoms with Crippen molar-refractivity contribution in [1.82, 2.24) is 15.0 Å². The highest BCUT2D eigenvalue weighted by atomic mass is 32.2. The van der Waals surface area contributed by atoms with Gasteiger partial charge in [-0.1, -0.05) is 17.8 Å². The molecule has 22 heavy (non-hydrogen) atoms. The van der Waals surface area contributed by atoms with E-state index in [0.717, 1.165) is 10.6 Å². The number of benzene rings is 1. The van der Waals surface area contributed by atoms with Crippen LogP contribution in [0.25, 0.3) is 11.1 Å². The van der Waals surface area contributed by atoms with E-state index >= 15 is 0 Å². The first-order chi connectivity index (χ1) is 10.7. The van der Waals surface area contributed by atoms with Crippen molar-refractivity contribution >= 4 is 28.8 Å². The number of carbonyl (C=O) groups is 1. The van der Waals surface area contributed by atoms with Gasteiger partial charge in [-0.2, -0.15) is 5.06 Å². The van der Waals surface area contributed by atoms with Gasteiger partial charge in [-0.05, 0) is 30.5 Å². The summed E-state index contributed by atoms with van der Waals surface area (Å²) in [5, 5.41) is 1.72. The first-order valence-electron chi connectivity index (χ1n) is 6.49. The van der Waals surface area contributed by atoms with Crippen LogP contribution in [-0.4, -0.2) is 34.2 Å². The summed E-state index contributed by atoms with van der Waals surface area (Å²) >= 11 is 1.43. The van der Waals surface area contributed by atoms with Crippen LogP contribution in [0.4, 0.5) is 0 Å². The second kappa shape index (κ2) is 6.07. The Bertz CT molecular complexity index is 804. The van der Waals surface area contributed by atoms with E-state index in [1.54, 1.807) is 42.6 Å². The van der Waals surface area contributed by atoms with Crippen LogP contribution in [0, 0.1) is 0 Å². The van der Waals surface area contributed by atoms with Crippen molar-refractivity contribution in [3.8, 4) is 5.75 Å². The topological polar surface area (TPSA) is 68.5 Å². The van der Waals surface area contributed by atoms with E-state index < -0.39 is 0 Å². The van der Waals surface area contributed by atoms with Crippen LogP contribution in [0.2, 0.25) is 0 Å². The Morgan fingerprint density at radius 2 is 2.18 bits per heavy atom. The number of carbonyl (C=O) groups excluding carboxylic acids is 1. The molecule has 0 aliphatic heterocycles. The van der Waals surface area contributed by atoms with Crippen molar-refractivity contribution in [2.45, 2.75) is 5.22 Å². The number of rotatable bonds is 4. The Hall–Kier alpha value is -2.54. The monoisotopic (exact) mass is 315 g/mol. The maximum atomic E-state index is 12.2. The summed E-state index contributed by atoms with van der Waals surface area (Å²) in [7, 11) is 1.54. The van der Waals surface area contributed by atoms with Gasteiger partial charge in [-0.15, -0.1) is 0 Å². The van der Waals surface area contributed by atoms with Gasteiger partial charge in [0.15, 0.2) is 11.3 Å². The van der Waals surface area contributed by atoms with Gasteiger partial charge in [0.1, 0.15) is 11.2 Å². The zero-order chi connectivity index (χ0) is 15.5. The molecule has 0 radical (unpaired) electrons. The first kappa shape index (κ1) is 14.4. The normalized spacial score (nSPS) is 10.6. The first-order valence-corrected chi connectivity index (χ1v) is 7.71. The maximum absolute atomic E-state index is 12.2. The molecule has 1 aromatic carbocycles. The smallest absolute Gasteiger partial charge is 0.304 e. The fraction of sp³-hybridized carbons (Fsp3) is 0.133. The van der Waals surface area contributed by atoms with Gasteiger partial charge in [0, 0.05) is 19.3 Å². The highest BCUT2D eigenvalue weighted by molar-refractivity contribution is 7.98. The van der Waals surface area contributed by atoms with Gasteiger partial charge < -0.3 is 9.25 Å². The number of hydroxylamine groups is 2. The third-order valence-electron chi connectivity index (χ3n) is 2.93. The van der Waals surface area contributed by atoms with Crippen LogP contribution >= 0.6 is 11.8 Å². The minimum Gasteiger partial charge on any atom is -0.431 e. The van der Waals surface area contributed by atoms with E-state index in [9.17, 15) is 4.79 Å². The Kier molecular flexibility index (Phi) is 3.97. The zero-order valence-electron chi connectivity index (χ0n) is 12.0. The predicted octanol–water partition coefficient (Wildman–Crippen LogP) is 3.01. The Balaban J connectivity index is 1.78. The van der Waals surface area contributed by atoms with Crippen LogP contribution in [0.3, 0.4) is 0 Å². The fourth-order valence-electron chi connectivity index (χ4n) is 1.88. The van der Waals surface area contributed by atoms with Crippen LogP contribution in [0.1, 0.15) is 10.5 Å². The highest BCUT2D eigenvalue weighted by Crippen LogP contribution is 2.25. The molecule has 1 amide bonds. The number of thioether (sulfide) groups is 1. The average Bonchev–Trinajstić information content (AvgIpc) is 2.97. The summed E-state index contributed by atoms with van der Waals surface area (Å²) in [5.41, 5.74) is 1.67. The number of nitrogens with zero attached hydrogens (tertiary/aromatic N) is 3. The number of hydrogen-bond acceptors (Lipinski definition) is 6. The van der Waals surface area contributed by atoms with Gasteiger partial charge in [0.05, 0.1) is 0 Å². The van der Waals surface area contributed by atoms with Crippen molar-refractivity contribution < 1.29 is 14.0 Å². The molecule has 0 bridgehead atoms. The van der Waals surface area contributed by atoms with E-state index in [1.807, 2.05) is 6.26 Å². The van der Waals surface area contributed by atoms with Crippen molar-refractivity contribution in [2.75, 3.05) is 13.3 Å². The van der Waals surface area contributed by atoms with Crippen LogP contribution < -0.4 is 4.84 Å². The third kappa shape index (κ3) is 2.89. The summed E-state index contributed by atoms with van der Waals surface area (Å²) in [6.07, 6.45) is 3.45. The van der Waals surface area contributed by atoms with E-state index in [0.29, 0.717) is 22.2 Å². The molecule has 2 aromatic heterocycles. The number of hydrogen-bond donors (Lipinski definition) is 0. The van der Waals surface area contributed by atoms with Crippen molar-refractivity contribution in [3.63, 3.8) is 0 Å². The number of pyridine rings is 1. The van der Waals surface area contributed by atoms with Crippen molar-refractivity contribution in [3.05, 3.63) is 48.3 Å². The van der Waals surface area contributed by atoms with Crippen LogP contribution in [-0.2, 0) is 0 Å². The Labute approximate surface area is 131 Å². The lowest BCUT2D eigenvalue weighted by Crippen LogP contribution is -2.30. The Morgan fingerprint density at radius 3 is 2.91 bits per heavy atom. The third-order valence-corrected chi connectivity index (χ3v) is 3.45. The van der Waals surface area contributed by atoms with Crippen molar-refractivity contribution in [1.29, 1.82) is 0 Å². The van der Waals surface area contributed by atoms with Gasteiger partial charge in [0.25, 0.3) is 5.22 Å². The molecule has 0 saturated carbocycles. The quantitative estimate of drug-likeness (QED) is 0.544. The van der Waals surface area contributed by atoms with E-state index in [2.05, 4.69) is 9.97 Å². The molecule has 0 fully saturated rings. The average molecular weight is 315 g/mol.